The molecule has 0 saturated carbocycles. The molecule has 0 fully saturated rings. The van der Waals surface area contributed by atoms with Crippen LogP contribution in [-0.2, 0) is 6.54 Å². The van der Waals surface area contributed by atoms with Gasteiger partial charge in [0.2, 0.25) is 0 Å². The van der Waals surface area contributed by atoms with E-state index < -0.39 is 5.91 Å². The van der Waals surface area contributed by atoms with Crippen molar-refractivity contribution >= 4 is 16.8 Å². The van der Waals surface area contributed by atoms with Crippen LogP contribution in [0.25, 0.3) is 10.9 Å². The molecule has 2 aromatic carbocycles. The smallest absolute Gasteiger partial charge is 0.275 e. The fourth-order valence-corrected chi connectivity index (χ4v) is 2.21. The van der Waals surface area contributed by atoms with Crippen LogP contribution >= 0.6 is 0 Å². The molecule has 0 unspecified atom stereocenters. The molecule has 0 atom stereocenters. The molecular formula is C17H15N3O3. The summed E-state index contributed by atoms with van der Waals surface area (Å²) in [5.74, 6) is -0.125. The van der Waals surface area contributed by atoms with Gasteiger partial charge in [-0.05, 0) is 23.8 Å². The number of benzene rings is 2. The number of nitrogens with one attached hydrogen (secondary N) is 1. The lowest BCUT2D eigenvalue weighted by Crippen LogP contribution is -2.24. The zero-order valence-corrected chi connectivity index (χ0v) is 12.5. The minimum Gasteiger partial charge on any atom is -0.505 e. The summed E-state index contributed by atoms with van der Waals surface area (Å²) in [6.07, 6.45) is 0. The van der Waals surface area contributed by atoms with E-state index in [2.05, 4.69) is 15.5 Å². The molecule has 0 aliphatic rings. The van der Waals surface area contributed by atoms with E-state index in [0.717, 1.165) is 5.56 Å². The molecule has 1 heterocycles. The number of hydrogen-bond donors (Lipinski definition) is 2. The summed E-state index contributed by atoms with van der Waals surface area (Å²) in [5, 5.41) is 21.2. The fraction of sp³-hybridized carbons (Fsp3) is 0.118. The van der Waals surface area contributed by atoms with Crippen molar-refractivity contribution in [3.8, 4) is 11.5 Å². The SMILES string of the molecule is COc1ccc2nnc(C(=O)NCc3ccccc3)c(O)c2c1. The van der Waals surface area contributed by atoms with Gasteiger partial charge in [0.1, 0.15) is 5.75 Å². The van der Waals surface area contributed by atoms with E-state index >= 15 is 0 Å². The van der Waals surface area contributed by atoms with Gasteiger partial charge in [-0.2, -0.15) is 0 Å². The van der Waals surface area contributed by atoms with E-state index in [0.29, 0.717) is 23.2 Å². The number of amides is 1. The van der Waals surface area contributed by atoms with Gasteiger partial charge in [0.25, 0.3) is 5.91 Å². The first kappa shape index (κ1) is 14.8. The average Bonchev–Trinajstić information content (AvgIpc) is 2.60. The van der Waals surface area contributed by atoms with Crippen LogP contribution in [0.15, 0.2) is 48.5 Å². The number of hydrogen-bond acceptors (Lipinski definition) is 5. The molecular weight excluding hydrogens is 294 g/mol. The van der Waals surface area contributed by atoms with E-state index in [9.17, 15) is 9.90 Å². The van der Waals surface area contributed by atoms with Crippen LogP contribution in [-0.4, -0.2) is 28.3 Å². The number of nitrogens with zero attached hydrogens (tertiary/aromatic N) is 2. The number of ether oxygens (including phenoxy) is 1. The fourth-order valence-electron chi connectivity index (χ4n) is 2.21. The lowest BCUT2D eigenvalue weighted by molar-refractivity contribution is 0.0942. The maximum atomic E-state index is 12.2. The van der Waals surface area contributed by atoms with Crippen molar-refractivity contribution in [2.45, 2.75) is 6.54 Å². The lowest BCUT2D eigenvalue weighted by atomic mass is 10.1. The highest BCUT2D eigenvalue weighted by atomic mass is 16.5. The Labute approximate surface area is 132 Å². The van der Waals surface area contributed by atoms with Gasteiger partial charge < -0.3 is 15.2 Å². The summed E-state index contributed by atoms with van der Waals surface area (Å²) in [4.78, 5) is 12.2. The number of aromatic nitrogens is 2. The third-order valence-electron chi connectivity index (χ3n) is 3.45. The second-order valence-electron chi connectivity index (χ2n) is 4.95. The van der Waals surface area contributed by atoms with Crippen LogP contribution in [0.1, 0.15) is 16.1 Å². The Kier molecular flexibility index (Phi) is 4.05. The van der Waals surface area contributed by atoms with Gasteiger partial charge in [-0.3, -0.25) is 4.79 Å². The Bertz CT molecular complexity index is 850. The maximum Gasteiger partial charge on any atom is 0.275 e. The highest BCUT2D eigenvalue weighted by Gasteiger charge is 2.17. The number of carbonyl (C=O) groups is 1. The van der Waals surface area contributed by atoms with Gasteiger partial charge in [-0.15, -0.1) is 10.2 Å². The molecule has 2 N–H and O–H groups in total. The molecule has 0 spiro atoms. The molecule has 1 aromatic heterocycles. The Morgan fingerprint density at radius 2 is 1.96 bits per heavy atom. The number of rotatable bonds is 4. The zero-order valence-electron chi connectivity index (χ0n) is 12.5. The van der Waals surface area contributed by atoms with Gasteiger partial charge in [0.15, 0.2) is 11.4 Å². The summed E-state index contributed by atoms with van der Waals surface area (Å²) in [7, 11) is 1.53. The van der Waals surface area contributed by atoms with Crippen LogP contribution in [0, 0.1) is 0 Å². The van der Waals surface area contributed by atoms with Crippen molar-refractivity contribution in [2.75, 3.05) is 7.11 Å². The van der Waals surface area contributed by atoms with Crippen molar-refractivity contribution in [3.63, 3.8) is 0 Å². The first-order chi connectivity index (χ1) is 11.2. The maximum absolute atomic E-state index is 12.2. The van der Waals surface area contributed by atoms with Gasteiger partial charge in [0.05, 0.1) is 18.0 Å². The molecule has 3 aromatic rings. The molecule has 23 heavy (non-hydrogen) atoms. The summed E-state index contributed by atoms with van der Waals surface area (Å²) >= 11 is 0. The first-order valence-corrected chi connectivity index (χ1v) is 7.04. The molecule has 0 aliphatic heterocycles. The molecule has 3 rings (SSSR count). The Morgan fingerprint density at radius 1 is 1.17 bits per heavy atom. The number of methoxy groups -OCH3 is 1. The topological polar surface area (TPSA) is 84.3 Å². The average molecular weight is 309 g/mol. The van der Waals surface area contributed by atoms with Gasteiger partial charge in [0, 0.05) is 6.54 Å². The second kappa shape index (κ2) is 6.31. The number of fused-ring (bicyclic) bond motifs is 1. The van der Waals surface area contributed by atoms with E-state index in [1.54, 1.807) is 18.2 Å². The summed E-state index contributed by atoms with van der Waals surface area (Å²) in [5.41, 5.74) is 1.33. The van der Waals surface area contributed by atoms with Gasteiger partial charge in [-0.1, -0.05) is 30.3 Å². The van der Waals surface area contributed by atoms with Gasteiger partial charge >= 0.3 is 0 Å². The second-order valence-corrected chi connectivity index (χ2v) is 4.95. The van der Waals surface area contributed by atoms with Crippen LogP contribution in [0.3, 0.4) is 0 Å². The molecule has 116 valence electrons. The van der Waals surface area contributed by atoms with Gasteiger partial charge in [-0.25, -0.2) is 0 Å². The molecule has 0 aliphatic carbocycles. The lowest BCUT2D eigenvalue weighted by Gasteiger charge is -2.08. The molecule has 0 bridgehead atoms. The Balaban J connectivity index is 1.87. The van der Waals surface area contributed by atoms with E-state index in [-0.39, 0.29) is 11.4 Å². The molecule has 0 saturated heterocycles. The first-order valence-electron chi connectivity index (χ1n) is 7.04. The monoisotopic (exact) mass is 309 g/mol. The molecule has 6 heteroatoms. The highest BCUT2D eigenvalue weighted by molar-refractivity contribution is 6.00. The largest absolute Gasteiger partial charge is 0.505 e. The third kappa shape index (κ3) is 3.06. The minimum absolute atomic E-state index is 0.110. The van der Waals surface area contributed by atoms with E-state index in [1.165, 1.54) is 7.11 Å². The summed E-state index contributed by atoms with van der Waals surface area (Å²) < 4.78 is 5.12. The van der Waals surface area contributed by atoms with Crippen LogP contribution in [0.5, 0.6) is 11.5 Å². The van der Waals surface area contributed by atoms with Crippen molar-refractivity contribution < 1.29 is 14.6 Å². The highest BCUT2D eigenvalue weighted by Crippen LogP contribution is 2.28. The van der Waals surface area contributed by atoms with Crippen molar-refractivity contribution in [2.24, 2.45) is 0 Å². The number of carbonyl (C=O) groups excluding carboxylic acids is 1. The molecule has 0 radical (unpaired) electrons. The summed E-state index contributed by atoms with van der Waals surface area (Å²) in [6, 6.07) is 14.5. The predicted octanol–water partition coefficient (Wildman–Crippen LogP) is 2.27. The quantitative estimate of drug-likeness (QED) is 0.772. The van der Waals surface area contributed by atoms with Crippen LogP contribution < -0.4 is 10.1 Å². The Hall–Kier alpha value is -3.15. The predicted molar refractivity (Wildman–Crippen MR) is 85.4 cm³/mol. The minimum atomic E-state index is -0.483. The molecule has 1 amide bonds. The normalized spacial score (nSPS) is 10.5. The zero-order chi connectivity index (χ0) is 16.2. The van der Waals surface area contributed by atoms with Crippen molar-refractivity contribution in [1.29, 1.82) is 0 Å². The Morgan fingerprint density at radius 3 is 2.70 bits per heavy atom. The summed E-state index contributed by atoms with van der Waals surface area (Å²) in [6.45, 7) is 0.344. The standard InChI is InChI=1S/C17H15N3O3/c1-23-12-7-8-14-13(9-12)16(21)15(20-19-14)17(22)18-10-11-5-3-2-4-6-11/h2-9H,10H2,1H3,(H,18,22)(H,19,21). The third-order valence-corrected chi connectivity index (χ3v) is 3.45. The van der Waals surface area contributed by atoms with Crippen LogP contribution in [0.2, 0.25) is 0 Å². The van der Waals surface area contributed by atoms with Crippen LogP contribution in [0.4, 0.5) is 0 Å². The van der Waals surface area contributed by atoms with E-state index in [4.69, 9.17) is 4.74 Å². The van der Waals surface area contributed by atoms with Crippen molar-refractivity contribution in [3.05, 3.63) is 59.8 Å². The van der Waals surface area contributed by atoms with Crippen molar-refractivity contribution in [1.82, 2.24) is 15.5 Å². The number of aromatic hydroxyl groups is 1. The molecule has 6 nitrogen and oxygen atoms in total. The van der Waals surface area contributed by atoms with E-state index in [1.807, 2.05) is 30.3 Å².